The number of rotatable bonds is 6. The van der Waals surface area contributed by atoms with Gasteiger partial charge in [-0.3, -0.25) is 0 Å². The summed E-state index contributed by atoms with van der Waals surface area (Å²) in [7, 11) is -0.227. The van der Waals surface area contributed by atoms with Gasteiger partial charge in [0.25, 0.3) is 0 Å². The second kappa shape index (κ2) is 12.8. The van der Waals surface area contributed by atoms with Crippen molar-refractivity contribution in [3.8, 4) is 11.1 Å². The molecule has 3 aromatic carbocycles. The molecule has 0 saturated carbocycles. The summed E-state index contributed by atoms with van der Waals surface area (Å²) in [4.78, 5) is 0. The van der Waals surface area contributed by atoms with E-state index >= 15 is 0 Å². The van der Waals surface area contributed by atoms with Gasteiger partial charge in [-0.1, -0.05) is 84.6 Å². The Hall–Kier alpha value is -1.13. The Morgan fingerprint density at radius 3 is 1.94 bits per heavy atom. The first-order valence-corrected chi connectivity index (χ1v) is 12.8. The van der Waals surface area contributed by atoms with Crippen molar-refractivity contribution in [2.24, 2.45) is 0 Å². The number of hydrogen-bond donors (Lipinski definition) is 0. The van der Waals surface area contributed by atoms with E-state index in [2.05, 4.69) is 90.9 Å². The van der Waals surface area contributed by atoms with Gasteiger partial charge < -0.3 is 30.3 Å². The van der Waals surface area contributed by atoms with Crippen molar-refractivity contribution in [1.29, 1.82) is 0 Å². The topological polar surface area (TPSA) is 0 Å². The van der Waals surface area contributed by atoms with Crippen molar-refractivity contribution >= 4 is 13.2 Å². The monoisotopic (exact) mass is 476 g/mol. The summed E-state index contributed by atoms with van der Waals surface area (Å²) in [5.74, 6) is 0. The molecule has 176 valence electrons. The molecule has 0 amide bonds. The molecule has 0 bridgehead atoms. The molecule has 0 aromatic heterocycles. The minimum absolute atomic E-state index is 0. The molecule has 0 aliphatic rings. The fourth-order valence-electron chi connectivity index (χ4n) is 4.34. The van der Waals surface area contributed by atoms with E-state index in [0.717, 1.165) is 0 Å². The van der Waals surface area contributed by atoms with E-state index in [1.807, 2.05) is 30.3 Å². The quantitative estimate of drug-likeness (QED) is 0.144. The Morgan fingerprint density at radius 2 is 1.42 bits per heavy atom. The molecule has 31 heavy (non-hydrogen) atoms. The van der Waals surface area contributed by atoms with E-state index in [4.69, 9.17) is 0 Å². The SMILES string of the molecule is CCCCCc1cccc(-[c-]2ccc(P(C(C)(C)C)C(C)(C)C)c2)c1.[Fe].[cH-]1[cH-][cH-][cH-][cH-]1. The molecule has 0 unspecified atom stereocenters. The molecule has 0 heterocycles. The second-order valence-electron chi connectivity index (χ2n) is 10.2. The van der Waals surface area contributed by atoms with Crippen LogP contribution in [0.4, 0.5) is 0 Å². The van der Waals surface area contributed by atoms with Gasteiger partial charge in [0.15, 0.2) is 0 Å². The van der Waals surface area contributed by atoms with Gasteiger partial charge in [0.2, 0.25) is 0 Å². The van der Waals surface area contributed by atoms with E-state index in [9.17, 15) is 0 Å². The summed E-state index contributed by atoms with van der Waals surface area (Å²) in [6.07, 6.45) is 5.11. The number of unbranched alkanes of at least 4 members (excludes halogenated alkanes) is 2. The Kier molecular flexibility index (Phi) is 11.5. The molecular formula is C29H41FeP-6. The predicted octanol–water partition coefficient (Wildman–Crippen LogP) is 8.91. The normalized spacial score (nSPS) is 11.6. The first-order valence-electron chi connectivity index (χ1n) is 11.5. The van der Waals surface area contributed by atoms with Gasteiger partial charge in [-0.25, -0.2) is 0 Å². The Morgan fingerprint density at radius 1 is 0.839 bits per heavy atom. The van der Waals surface area contributed by atoms with Gasteiger partial charge in [0.05, 0.1) is 0 Å². The average Bonchev–Trinajstić information content (AvgIpc) is 3.35. The van der Waals surface area contributed by atoms with Crippen LogP contribution in [-0.2, 0) is 23.5 Å². The fraction of sp³-hybridized carbons (Fsp3) is 0.448. The summed E-state index contributed by atoms with van der Waals surface area (Å²) in [5, 5.41) is 2.18. The summed E-state index contributed by atoms with van der Waals surface area (Å²) in [6, 6.07) is 26.3. The van der Waals surface area contributed by atoms with Crippen LogP contribution in [-0.4, -0.2) is 10.3 Å². The maximum absolute atomic E-state index is 2.45. The summed E-state index contributed by atoms with van der Waals surface area (Å²) in [6.45, 7) is 16.6. The number of hydrogen-bond acceptors (Lipinski definition) is 0. The molecule has 3 rings (SSSR count). The molecule has 0 nitrogen and oxygen atoms in total. The van der Waals surface area contributed by atoms with Gasteiger partial charge in [-0.2, -0.15) is 0 Å². The zero-order valence-electron chi connectivity index (χ0n) is 20.6. The number of aryl methyl sites for hydroxylation is 1. The molecule has 0 aliphatic heterocycles. The van der Waals surface area contributed by atoms with Crippen LogP contribution in [0.15, 0.2) is 72.8 Å². The molecule has 2 heteroatoms. The third-order valence-corrected chi connectivity index (χ3v) is 8.70. The van der Waals surface area contributed by atoms with Gasteiger partial charge >= 0.3 is 0 Å². The van der Waals surface area contributed by atoms with Crippen molar-refractivity contribution < 1.29 is 17.1 Å². The molecule has 0 saturated heterocycles. The van der Waals surface area contributed by atoms with Crippen molar-refractivity contribution in [3.05, 3.63) is 78.4 Å². The third-order valence-electron chi connectivity index (χ3n) is 5.22. The Balaban J connectivity index is 0.000000701. The van der Waals surface area contributed by atoms with E-state index in [1.165, 1.54) is 42.4 Å². The molecule has 3 aromatic rings. The molecule has 0 aliphatic carbocycles. The maximum Gasteiger partial charge on any atom is 0 e. The third kappa shape index (κ3) is 9.10. The van der Waals surface area contributed by atoms with Crippen LogP contribution in [0.2, 0.25) is 0 Å². The van der Waals surface area contributed by atoms with Crippen molar-refractivity contribution in [2.75, 3.05) is 0 Å². The van der Waals surface area contributed by atoms with E-state index in [1.54, 1.807) is 5.30 Å². The average molecular weight is 476 g/mol. The van der Waals surface area contributed by atoms with Crippen LogP contribution in [0.3, 0.4) is 0 Å². The van der Waals surface area contributed by atoms with Crippen LogP contribution in [0.1, 0.15) is 73.3 Å². The Labute approximate surface area is 203 Å². The van der Waals surface area contributed by atoms with Crippen LogP contribution in [0.5, 0.6) is 0 Å². The second-order valence-corrected chi connectivity index (χ2v) is 14.0. The zero-order chi connectivity index (χ0) is 22.2. The summed E-state index contributed by atoms with van der Waals surface area (Å²) >= 11 is 0. The van der Waals surface area contributed by atoms with Gasteiger partial charge in [0, 0.05) is 17.1 Å². The van der Waals surface area contributed by atoms with Gasteiger partial charge in [0.1, 0.15) is 0 Å². The first kappa shape index (κ1) is 27.9. The standard InChI is InChI=1S/C24H36P.C5H5.Fe/c1-8-9-10-12-19-13-11-14-20(17-19)21-15-16-22(18-21)25(23(2,3)4)24(5,6)7;1-2-4-5-3-1;/h11,13-18H,8-10,12H2,1-7H3;1-5H;/q-1;-5;. The molecule has 0 atom stereocenters. The van der Waals surface area contributed by atoms with Crippen LogP contribution in [0, 0.1) is 0 Å². The fourth-order valence-corrected chi connectivity index (χ4v) is 8.39. The van der Waals surface area contributed by atoms with E-state index < -0.39 is 0 Å². The Bertz CT molecular complexity index is 812. The van der Waals surface area contributed by atoms with Crippen LogP contribution in [0.25, 0.3) is 11.1 Å². The summed E-state index contributed by atoms with van der Waals surface area (Å²) < 4.78 is 0. The smallest absolute Gasteiger partial charge is 0 e. The molecule has 0 radical (unpaired) electrons. The summed E-state index contributed by atoms with van der Waals surface area (Å²) in [5.41, 5.74) is 4.23. The molecule has 0 spiro atoms. The minimum atomic E-state index is -0.227. The van der Waals surface area contributed by atoms with E-state index in [-0.39, 0.29) is 25.0 Å². The van der Waals surface area contributed by atoms with E-state index in [0.29, 0.717) is 10.3 Å². The largest absolute Gasteiger partial charge is 0.748 e. The number of benzene rings is 1. The zero-order valence-corrected chi connectivity index (χ0v) is 22.6. The molecule has 0 N–H and O–H groups in total. The van der Waals surface area contributed by atoms with Crippen LogP contribution < -0.4 is 5.30 Å². The minimum Gasteiger partial charge on any atom is -0.748 e. The van der Waals surface area contributed by atoms with Crippen molar-refractivity contribution in [3.63, 3.8) is 0 Å². The van der Waals surface area contributed by atoms with Gasteiger partial charge in [-0.05, 0) is 23.2 Å². The first-order chi connectivity index (χ1) is 14.1. The van der Waals surface area contributed by atoms with Gasteiger partial charge in [-0.15, -0.1) is 49.1 Å². The predicted molar refractivity (Wildman–Crippen MR) is 139 cm³/mol. The van der Waals surface area contributed by atoms with Crippen molar-refractivity contribution in [1.82, 2.24) is 0 Å². The van der Waals surface area contributed by atoms with Crippen molar-refractivity contribution in [2.45, 2.75) is 84.5 Å². The molecular weight excluding hydrogens is 435 g/mol. The molecule has 0 fully saturated rings. The maximum atomic E-state index is 2.45. The van der Waals surface area contributed by atoms with Crippen LogP contribution >= 0.6 is 7.92 Å².